The zero-order chi connectivity index (χ0) is 27.0. The maximum Gasteiger partial charge on any atom is 0.333 e. The van der Waals surface area contributed by atoms with Gasteiger partial charge in [-0.15, -0.1) is 5.06 Å². The molecule has 2 aromatic carbocycles. The highest BCUT2D eigenvalue weighted by Crippen LogP contribution is 2.40. The Labute approximate surface area is 215 Å². The summed E-state index contributed by atoms with van der Waals surface area (Å²) in [7, 11) is 0. The third-order valence-electron chi connectivity index (χ3n) is 6.54. The molecule has 4 rings (SSSR count). The summed E-state index contributed by atoms with van der Waals surface area (Å²) in [5.41, 5.74) is 0.554. The zero-order valence-electron chi connectivity index (χ0n) is 21.4. The minimum absolute atomic E-state index is 0.0146. The number of amides is 4. The second-order valence-electron chi connectivity index (χ2n) is 10.9. The van der Waals surface area contributed by atoms with Gasteiger partial charge < -0.3 is 4.84 Å². The molecule has 0 saturated carbocycles. The van der Waals surface area contributed by atoms with Crippen molar-refractivity contribution in [1.82, 2.24) is 5.06 Å². The van der Waals surface area contributed by atoms with E-state index in [1.54, 1.807) is 52.0 Å². The fourth-order valence-electron chi connectivity index (χ4n) is 5.10. The monoisotopic (exact) mass is 502 g/mol. The smallest absolute Gasteiger partial charge is 0.330 e. The second kappa shape index (κ2) is 9.76. The molecule has 8 heteroatoms. The number of benzene rings is 2. The van der Waals surface area contributed by atoms with E-state index < -0.39 is 40.4 Å². The molecule has 8 nitrogen and oxygen atoms in total. The highest BCUT2D eigenvalue weighted by Gasteiger charge is 2.43. The van der Waals surface area contributed by atoms with Gasteiger partial charge in [-0.3, -0.25) is 19.2 Å². The zero-order valence-corrected chi connectivity index (χ0v) is 21.4. The maximum atomic E-state index is 14.1. The summed E-state index contributed by atoms with van der Waals surface area (Å²) in [6.07, 6.45) is 3.88. The van der Waals surface area contributed by atoms with Crippen LogP contribution < -0.4 is 4.90 Å². The van der Waals surface area contributed by atoms with E-state index in [1.807, 2.05) is 36.4 Å². The molecule has 2 aromatic rings. The standard InChI is InChI=1S/C29H30N2O6/c1-28(2,17-25(34)37-31-23(32)15-16-24(31)33)18-29(3,4)27(36)30-22-12-8-6-10-20(22)14-13-19-9-5-7-11-21(19)26(30)35/h5-14H,15-18H2,1-4H3/b14-13-. The summed E-state index contributed by atoms with van der Waals surface area (Å²) in [6.45, 7) is 7.09. The van der Waals surface area contributed by atoms with E-state index in [0.717, 1.165) is 5.56 Å². The topological polar surface area (TPSA) is 101 Å². The molecule has 0 aliphatic carbocycles. The van der Waals surface area contributed by atoms with E-state index in [2.05, 4.69) is 0 Å². The summed E-state index contributed by atoms with van der Waals surface area (Å²) >= 11 is 0. The number of fused-ring (bicyclic) bond motifs is 2. The Morgan fingerprint density at radius 1 is 0.838 bits per heavy atom. The van der Waals surface area contributed by atoms with Gasteiger partial charge in [0.25, 0.3) is 17.7 Å². The van der Waals surface area contributed by atoms with Crippen LogP contribution in [0.25, 0.3) is 12.2 Å². The van der Waals surface area contributed by atoms with Crippen LogP contribution in [-0.2, 0) is 24.0 Å². The van der Waals surface area contributed by atoms with Gasteiger partial charge in [0.1, 0.15) is 0 Å². The van der Waals surface area contributed by atoms with Crippen LogP contribution >= 0.6 is 0 Å². The fraction of sp³-hybridized carbons (Fsp3) is 0.345. The van der Waals surface area contributed by atoms with Crippen LogP contribution in [0.1, 0.15) is 74.9 Å². The van der Waals surface area contributed by atoms with Gasteiger partial charge in [0.05, 0.1) is 12.1 Å². The normalized spacial score (nSPS) is 16.6. The van der Waals surface area contributed by atoms with E-state index in [-0.39, 0.29) is 25.7 Å². The molecular formula is C29H30N2O6. The number of imide groups is 2. The third-order valence-corrected chi connectivity index (χ3v) is 6.54. The molecule has 0 unspecified atom stereocenters. The first kappa shape index (κ1) is 26.0. The van der Waals surface area contributed by atoms with Crippen molar-refractivity contribution >= 4 is 47.4 Å². The quantitative estimate of drug-likeness (QED) is 0.527. The highest BCUT2D eigenvalue weighted by atomic mass is 16.7. The average molecular weight is 503 g/mol. The van der Waals surface area contributed by atoms with Crippen LogP contribution in [0.3, 0.4) is 0 Å². The van der Waals surface area contributed by atoms with Crippen LogP contribution in [0.2, 0.25) is 0 Å². The van der Waals surface area contributed by atoms with Crippen molar-refractivity contribution in [2.45, 2.75) is 53.4 Å². The Bertz CT molecular complexity index is 1310. The van der Waals surface area contributed by atoms with Crippen LogP contribution in [0.15, 0.2) is 48.5 Å². The molecule has 2 heterocycles. The number of hydroxylamine groups is 2. The van der Waals surface area contributed by atoms with Crippen LogP contribution in [0.4, 0.5) is 5.69 Å². The van der Waals surface area contributed by atoms with Crippen molar-refractivity contribution in [2.24, 2.45) is 10.8 Å². The molecule has 37 heavy (non-hydrogen) atoms. The number of para-hydroxylation sites is 1. The summed E-state index contributed by atoms with van der Waals surface area (Å²) in [5, 5.41) is 0.523. The van der Waals surface area contributed by atoms with E-state index in [0.29, 0.717) is 21.9 Å². The van der Waals surface area contributed by atoms with E-state index >= 15 is 0 Å². The number of rotatable bonds is 6. The summed E-state index contributed by atoms with van der Waals surface area (Å²) in [5.74, 6) is -2.65. The lowest BCUT2D eigenvalue weighted by Gasteiger charge is -2.37. The number of hydrogen-bond donors (Lipinski definition) is 0. The first-order chi connectivity index (χ1) is 17.4. The van der Waals surface area contributed by atoms with Gasteiger partial charge in [-0.2, -0.15) is 0 Å². The number of anilines is 1. The Hall–Kier alpha value is -4.07. The average Bonchev–Trinajstić information content (AvgIpc) is 3.13. The largest absolute Gasteiger partial charge is 0.333 e. The van der Waals surface area contributed by atoms with Crippen LogP contribution in [-0.4, -0.2) is 34.7 Å². The van der Waals surface area contributed by atoms with Gasteiger partial charge in [-0.05, 0) is 35.1 Å². The van der Waals surface area contributed by atoms with Gasteiger partial charge >= 0.3 is 5.97 Å². The minimum Gasteiger partial charge on any atom is -0.330 e. The molecule has 0 atom stereocenters. The van der Waals surface area contributed by atoms with Crippen molar-refractivity contribution in [3.8, 4) is 0 Å². The van der Waals surface area contributed by atoms with Gasteiger partial charge in [-0.25, -0.2) is 9.69 Å². The van der Waals surface area contributed by atoms with Crippen molar-refractivity contribution in [3.05, 3.63) is 65.2 Å². The van der Waals surface area contributed by atoms with E-state index in [1.165, 1.54) is 4.90 Å². The van der Waals surface area contributed by atoms with Crippen LogP contribution in [0, 0.1) is 10.8 Å². The van der Waals surface area contributed by atoms with Gasteiger partial charge in [0.15, 0.2) is 0 Å². The number of hydrogen-bond acceptors (Lipinski definition) is 6. The molecule has 1 saturated heterocycles. The van der Waals surface area contributed by atoms with Crippen molar-refractivity contribution in [2.75, 3.05) is 4.90 Å². The molecule has 192 valence electrons. The second-order valence-corrected chi connectivity index (χ2v) is 10.9. The van der Waals surface area contributed by atoms with Gasteiger partial charge in [0.2, 0.25) is 5.91 Å². The molecule has 4 amide bonds. The molecule has 0 spiro atoms. The Balaban J connectivity index is 1.59. The molecule has 1 fully saturated rings. The lowest BCUT2D eigenvalue weighted by molar-refractivity contribution is -0.199. The third kappa shape index (κ3) is 5.38. The number of carbonyl (C=O) groups excluding carboxylic acids is 5. The molecule has 2 aliphatic rings. The summed E-state index contributed by atoms with van der Waals surface area (Å²) in [6, 6.07) is 14.3. The molecular weight excluding hydrogens is 472 g/mol. The highest BCUT2D eigenvalue weighted by molar-refractivity contribution is 6.24. The first-order valence-corrected chi connectivity index (χ1v) is 12.2. The number of carbonyl (C=O) groups is 5. The fourth-order valence-corrected chi connectivity index (χ4v) is 5.10. The van der Waals surface area contributed by atoms with Crippen molar-refractivity contribution in [1.29, 1.82) is 0 Å². The molecule has 0 aromatic heterocycles. The predicted octanol–water partition coefficient (Wildman–Crippen LogP) is 4.78. The minimum atomic E-state index is -1.05. The predicted molar refractivity (Wildman–Crippen MR) is 138 cm³/mol. The molecule has 0 N–H and O–H groups in total. The van der Waals surface area contributed by atoms with E-state index in [9.17, 15) is 24.0 Å². The summed E-state index contributed by atoms with van der Waals surface area (Å²) < 4.78 is 0. The molecule has 0 bridgehead atoms. The lowest BCUT2D eigenvalue weighted by atomic mass is 9.72. The first-order valence-electron chi connectivity index (χ1n) is 12.2. The Kier molecular flexibility index (Phi) is 6.86. The van der Waals surface area contributed by atoms with Crippen LogP contribution in [0.5, 0.6) is 0 Å². The maximum absolute atomic E-state index is 14.1. The Morgan fingerprint density at radius 2 is 1.41 bits per heavy atom. The summed E-state index contributed by atoms with van der Waals surface area (Å²) in [4.78, 5) is 70.3. The van der Waals surface area contributed by atoms with Crippen molar-refractivity contribution in [3.63, 3.8) is 0 Å². The molecule has 0 radical (unpaired) electrons. The Morgan fingerprint density at radius 3 is 2.08 bits per heavy atom. The van der Waals surface area contributed by atoms with Gasteiger partial charge in [-0.1, -0.05) is 76.2 Å². The van der Waals surface area contributed by atoms with Crippen molar-refractivity contribution < 1.29 is 28.8 Å². The SMILES string of the molecule is CC(C)(CC(=O)ON1C(=O)CCC1=O)CC(C)(C)C(=O)N1C(=O)c2ccccc2/C=C\c2ccccc21. The lowest BCUT2D eigenvalue weighted by Crippen LogP contribution is -2.47. The molecule has 2 aliphatic heterocycles. The number of nitrogens with zero attached hydrogens (tertiary/aromatic N) is 2. The van der Waals surface area contributed by atoms with E-state index in [4.69, 9.17) is 4.84 Å². The van der Waals surface area contributed by atoms with Gasteiger partial charge in [0, 0.05) is 23.8 Å².